The monoisotopic (exact) mass is 288 g/mol. The van der Waals surface area contributed by atoms with E-state index >= 15 is 0 Å². The van der Waals surface area contributed by atoms with E-state index in [9.17, 15) is 4.79 Å². The minimum absolute atomic E-state index is 0.160. The second kappa shape index (κ2) is 6.58. The fraction of sp³-hybridized carbons (Fsp3) is 0.588. The van der Waals surface area contributed by atoms with E-state index in [1.165, 1.54) is 0 Å². The smallest absolute Gasteiger partial charge is 0.245 e. The predicted octanol–water partition coefficient (Wildman–Crippen LogP) is 2.32. The van der Waals surface area contributed by atoms with Crippen LogP contribution >= 0.6 is 0 Å². The van der Waals surface area contributed by atoms with Crippen molar-refractivity contribution in [1.82, 2.24) is 10.2 Å². The molecule has 3 unspecified atom stereocenters. The summed E-state index contributed by atoms with van der Waals surface area (Å²) in [5, 5.41) is 3.52. The number of nitrogens with one attached hydrogen (secondary N) is 1. The number of nitrogens with zero attached hydrogens (tertiary/aromatic N) is 1. The van der Waals surface area contributed by atoms with Crippen LogP contribution in [0.3, 0.4) is 0 Å². The van der Waals surface area contributed by atoms with Gasteiger partial charge in [-0.05, 0) is 18.4 Å². The van der Waals surface area contributed by atoms with Crippen molar-refractivity contribution in [2.45, 2.75) is 38.4 Å². The normalized spacial score (nSPS) is 29.3. The van der Waals surface area contributed by atoms with E-state index < -0.39 is 0 Å². The van der Waals surface area contributed by atoms with E-state index in [1.54, 1.807) is 0 Å². The fourth-order valence-electron chi connectivity index (χ4n) is 3.29. The van der Waals surface area contributed by atoms with E-state index in [2.05, 4.69) is 12.2 Å². The molecule has 0 aromatic heterocycles. The molecule has 0 saturated carbocycles. The molecule has 1 aromatic carbocycles. The molecule has 2 saturated heterocycles. The first-order chi connectivity index (χ1) is 10.3. The first-order valence-corrected chi connectivity index (χ1v) is 7.98. The van der Waals surface area contributed by atoms with Crippen molar-refractivity contribution in [3.8, 4) is 0 Å². The molecule has 0 spiro atoms. The molecule has 4 nitrogen and oxygen atoms in total. The molecular weight excluding hydrogens is 264 g/mol. The van der Waals surface area contributed by atoms with E-state index in [0.29, 0.717) is 5.92 Å². The molecule has 21 heavy (non-hydrogen) atoms. The average molecular weight is 288 g/mol. The molecule has 1 amide bonds. The maximum atomic E-state index is 12.8. The van der Waals surface area contributed by atoms with Crippen LogP contribution in [-0.4, -0.2) is 36.7 Å². The van der Waals surface area contributed by atoms with E-state index in [0.717, 1.165) is 44.6 Å². The van der Waals surface area contributed by atoms with Crippen molar-refractivity contribution in [1.29, 1.82) is 0 Å². The van der Waals surface area contributed by atoms with Gasteiger partial charge in [0.2, 0.25) is 5.91 Å². The summed E-state index contributed by atoms with van der Waals surface area (Å²) in [6.07, 6.45) is 3.30. The summed E-state index contributed by atoms with van der Waals surface area (Å²) in [5.41, 5.74) is 1.06. The second-order valence-electron chi connectivity index (χ2n) is 6.04. The van der Waals surface area contributed by atoms with Crippen molar-refractivity contribution in [3.05, 3.63) is 35.9 Å². The Morgan fingerprint density at radius 1 is 1.33 bits per heavy atom. The molecule has 0 bridgehead atoms. The Kier molecular flexibility index (Phi) is 4.56. The Hall–Kier alpha value is -1.39. The largest absolute Gasteiger partial charge is 0.381 e. The van der Waals surface area contributed by atoms with Gasteiger partial charge in [0.15, 0.2) is 0 Å². The number of carbonyl (C=O) groups is 1. The third-order valence-corrected chi connectivity index (χ3v) is 4.44. The molecule has 2 aliphatic heterocycles. The van der Waals surface area contributed by atoms with Crippen molar-refractivity contribution >= 4 is 5.91 Å². The maximum Gasteiger partial charge on any atom is 0.245 e. The van der Waals surface area contributed by atoms with Crippen LogP contribution in [0.4, 0.5) is 0 Å². The molecule has 1 aromatic rings. The van der Waals surface area contributed by atoms with Gasteiger partial charge >= 0.3 is 0 Å². The SMILES string of the molecule is CCCC1NC(c2ccccc2)C(=O)N1CC1CCOC1. The fourth-order valence-corrected chi connectivity index (χ4v) is 3.29. The highest BCUT2D eigenvalue weighted by atomic mass is 16.5. The molecule has 3 atom stereocenters. The predicted molar refractivity (Wildman–Crippen MR) is 81.7 cm³/mol. The Labute approximate surface area is 126 Å². The number of benzene rings is 1. The molecule has 0 aliphatic carbocycles. The maximum absolute atomic E-state index is 12.8. The van der Waals surface area contributed by atoms with Gasteiger partial charge in [0.05, 0.1) is 12.8 Å². The van der Waals surface area contributed by atoms with E-state index in [4.69, 9.17) is 4.74 Å². The summed E-state index contributed by atoms with van der Waals surface area (Å²) in [7, 11) is 0. The summed E-state index contributed by atoms with van der Waals surface area (Å²) in [6, 6.07) is 9.84. The van der Waals surface area contributed by atoms with Gasteiger partial charge in [-0.3, -0.25) is 10.1 Å². The zero-order valence-electron chi connectivity index (χ0n) is 12.6. The van der Waals surface area contributed by atoms with Gasteiger partial charge in [-0.25, -0.2) is 0 Å². The van der Waals surface area contributed by atoms with Gasteiger partial charge in [0, 0.05) is 19.1 Å². The van der Waals surface area contributed by atoms with E-state index in [-0.39, 0.29) is 18.1 Å². The molecule has 3 rings (SSSR count). The Morgan fingerprint density at radius 2 is 2.14 bits per heavy atom. The molecule has 1 N–H and O–H groups in total. The van der Waals surface area contributed by atoms with Crippen LogP contribution in [0.1, 0.15) is 37.8 Å². The number of ether oxygens (including phenoxy) is 1. The Morgan fingerprint density at radius 3 is 2.81 bits per heavy atom. The van der Waals surface area contributed by atoms with Gasteiger partial charge in [-0.2, -0.15) is 0 Å². The highest BCUT2D eigenvalue weighted by Gasteiger charge is 2.40. The number of hydrogen-bond acceptors (Lipinski definition) is 3. The standard InChI is InChI=1S/C17H24N2O2/c1-2-6-15-18-16(14-7-4-3-5-8-14)17(20)19(15)11-13-9-10-21-12-13/h3-5,7-8,13,15-16,18H,2,6,9-12H2,1H3. The van der Waals surface area contributed by atoms with Gasteiger partial charge in [0.25, 0.3) is 0 Å². The molecule has 2 heterocycles. The van der Waals surface area contributed by atoms with Crippen LogP contribution in [0.5, 0.6) is 0 Å². The van der Waals surface area contributed by atoms with Crippen LogP contribution < -0.4 is 5.32 Å². The lowest BCUT2D eigenvalue weighted by molar-refractivity contribution is -0.130. The number of hydrogen-bond donors (Lipinski definition) is 1. The molecule has 114 valence electrons. The summed E-state index contributed by atoms with van der Waals surface area (Å²) in [6.45, 7) is 4.61. The Balaban J connectivity index is 1.75. The molecule has 2 fully saturated rings. The molecule has 0 radical (unpaired) electrons. The van der Waals surface area contributed by atoms with Gasteiger partial charge < -0.3 is 9.64 Å². The summed E-state index contributed by atoms with van der Waals surface area (Å²) >= 11 is 0. The third-order valence-electron chi connectivity index (χ3n) is 4.44. The summed E-state index contributed by atoms with van der Waals surface area (Å²) in [5.74, 6) is 0.705. The molecule has 2 aliphatic rings. The first kappa shape index (κ1) is 14.5. The number of rotatable bonds is 5. The van der Waals surface area contributed by atoms with Gasteiger partial charge in [0.1, 0.15) is 6.04 Å². The second-order valence-corrected chi connectivity index (χ2v) is 6.04. The topological polar surface area (TPSA) is 41.6 Å². The van der Waals surface area contributed by atoms with Crippen LogP contribution in [-0.2, 0) is 9.53 Å². The summed E-state index contributed by atoms with van der Waals surface area (Å²) in [4.78, 5) is 14.8. The van der Waals surface area contributed by atoms with Crippen LogP contribution in [0.2, 0.25) is 0 Å². The van der Waals surface area contributed by atoms with Gasteiger partial charge in [-0.15, -0.1) is 0 Å². The average Bonchev–Trinajstić information content (AvgIpc) is 3.12. The lowest BCUT2D eigenvalue weighted by atomic mass is 10.1. The van der Waals surface area contributed by atoms with Crippen LogP contribution in [0, 0.1) is 5.92 Å². The minimum Gasteiger partial charge on any atom is -0.381 e. The quantitative estimate of drug-likeness (QED) is 0.904. The lowest BCUT2D eigenvalue weighted by Gasteiger charge is -2.26. The van der Waals surface area contributed by atoms with Crippen molar-refractivity contribution in [2.75, 3.05) is 19.8 Å². The van der Waals surface area contributed by atoms with Crippen molar-refractivity contribution in [3.63, 3.8) is 0 Å². The number of amides is 1. The first-order valence-electron chi connectivity index (χ1n) is 7.98. The van der Waals surface area contributed by atoms with Crippen LogP contribution in [0.15, 0.2) is 30.3 Å². The number of carbonyl (C=O) groups excluding carboxylic acids is 1. The zero-order valence-corrected chi connectivity index (χ0v) is 12.6. The Bertz CT molecular complexity index is 471. The van der Waals surface area contributed by atoms with E-state index in [1.807, 2.05) is 35.2 Å². The third kappa shape index (κ3) is 3.11. The van der Waals surface area contributed by atoms with Crippen molar-refractivity contribution < 1.29 is 9.53 Å². The van der Waals surface area contributed by atoms with Crippen LogP contribution in [0.25, 0.3) is 0 Å². The molecule has 4 heteroatoms. The zero-order chi connectivity index (χ0) is 14.7. The highest BCUT2D eigenvalue weighted by molar-refractivity contribution is 5.85. The molecular formula is C17H24N2O2. The highest BCUT2D eigenvalue weighted by Crippen LogP contribution is 2.28. The summed E-state index contributed by atoms with van der Waals surface area (Å²) < 4.78 is 5.45. The van der Waals surface area contributed by atoms with Crippen molar-refractivity contribution in [2.24, 2.45) is 5.92 Å². The lowest BCUT2D eigenvalue weighted by Crippen LogP contribution is -2.40. The minimum atomic E-state index is -0.190. The van der Waals surface area contributed by atoms with Gasteiger partial charge in [-0.1, -0.05) is 43.7 Å².